The molecule has 0 aliphatic heterocycles. The lowest BCUT2D eigenvalue weighted by molar-refractivity contribution is -0.274. The monoisotopic (exact) mass is 284 g/mol. The van der Waals surface area contributed by atoms with Crippen LogP contribution in [-0.2, 0) is 0 Å². The van der Waals surface area contributed by atoms with Gasteiger partial charge in [0.15, 0.2) is 6.29 Å². The molecule has 104 valence electrons. The van der Waals surface area contributed by atoms with Crippen LogP contribution in [0.25, 0.3) is 11.1 Å². The Morgan fingerprint density at radius 3 is 2.10 bits per heavy atom. The maximum Gasteiger partial charge on any atom is 0.573 e. The molecule has 2 rings (SSSR count). The summed E-state index contributed by atoms with van der Waals surface area (Å²) in [4.78, 5) is 10.8. The first kappa shape index (κ1) is 14.0. The number of ether oxygens (including phenoxy) is 1. The van der Waals surface area contributed by atoms with E-state index >= 15 is 0 Å². The van der Waals surface area contributed by atoms with E-state index in [1.807, 2.05) is 0 Å². The zero-order valence-electron chi connectivity index (χ0n) is 9.95. The minimum absolute atomic E-state index is 0.232. The molecule has 0 N–H and O–H groups in total. The van der Waals surface area contributed by atoms with Crippen molar-refractivity contribution >= 4 is 6.29 Å². The van der Waals surface area contributed by atoms with E-state index in [1.54, 1.807) is 0 Å². The lowest BCUT2D eigenvalue weighted by Crippen LogP contribution is -2.18. The Balaban J connectivity index is 2.39. The first-order valence-corrected chi connectivity index (χ1v) is 5.50. The molecule has 2 aromatic carbocycles. The van der Waals surface area contributed by atoms with Crippen molar-refractivity contribution in [3.63, 3.8) is 0 Å². The van der Waals surface area contributed by atoms with Gasteiger partial charge in [0.25, 0.3) is 0 Å². The van der Waals surface area contributed by atoms with Crippen molar-refractivity contribution in [1.29, 1.82) is 0 Å². The zero-order valence-corrected chi connectivity index (χ0v) is 9.95. The van der Waals surface area contributed by atoms with Crippen LogP contribution in [0.5, 0.6) is 5.75 Å². The average Bonchev–Trinajstić information content (AvgIpc) is 2.38. The summed E-state index contributed by atoms with van der Waals surface area (Å²) in [5.74, 6) is -1.00. The highest BCUT2D eigenvalue weighted by Crippen LogP contribution is 2.29. The molecular formula is C14H8F4O2. The van der Waals surface area contributed by atoms with Crippen LogP contribution in [0.15, 0.2) is 42.5 Å². The SMILES string of the molecule is O=Cc1cc(-c2ccc(F)cc2)ccc1OC(F)(F)F. The van der Waals surface area contributed by atoms with Crippen LogP contribution in [0.1, 0.15) is 10.4 Å². The third kappa shape index (κ3) is 3.34. The largest absolute Gasteiger partial charge is 0.573 e. The van der Waals surface area contributed by atoms with Crippen molar-refractivity contribution in [2.75, 3.05) is 0 Å². The average molecular weight is 284 g/mol. The summed E-state index contributed by atoms with van der Waals surface area (Å²) in [6.07, 6.45) is -4.59. The summed E-state index contributed by atoms with van der Waals surface area (Å²) in [5, 5.41) is 0. The van der Waals surface area contributed by atoms with Crippen LogP contribution in [0.2, 0.25) is 0 Å². The second kappa shape index (κ2) is 5.32. The van der Waals surface area contributed by atoms with Gasteiger partial charge in [0.05, 0.1) is 5.56 Å². The van der Waals surface area contributed by atoms with E-state index in [0.717, 1.165) is 6.07 Å². The highest BCUT2D eigenvalue weighted by atomic mass is 19.4. The maximum atomic E-state index is 12.8. The van der Waals surface area contributed by atoms with E-state index in [1.165, 1.54) is 36.4 Å². The molecule has 0 fully saturated rings. The van der Waals surface area contributed by atoms with Gasteiger partial charge < -0.3 is 4.74 Å². The number of halogens is 4. The minimum Gasteiger partial charge on any atom is -0.405 e. The number of hydrogen-bond acceptors (Lipinski definition) is 2. The summed E-state index contributed by atoms with van der Waals surface area (Å²) in [5.41, 5.74) is 0.832. The molecule has 0 aliphatic carbocycles. The van der Waals surface area contributed by atoms with E-state index in [4.69, 9.17) is 0 Å². The quantitative estimate of drug-likeness (QED) is 0.623. The first-order chi connectivity index (χ1) is 9.39. The Morgan fingerprint density at radius 2 is 1.55 bits per heavy atom. The fourth-order valence-corrected chi connectivity index (χ4v) is 1.68. The van der Waals surface area contributed by atoms with E-state index in [2.05, 4.69) is 4.74 Å². The molecule has 20 heavy (non-hydrogen) atoms. The highest BCUT2D eigenvalue weighted by molar-refractivity contribution is 5.83. The van der Waals surface area contributed by atoms with Crippen LogP contribution in [0.4, 0.5) is 17.6 Å². The smallest absolute Gasteiger partial charge is 0.405 e. The molecule has 0 saturated carbocycles. The summed E-state index contributed by atoms with van der Waals surface area (Å²) in [7, 11) is 0. The Kier molecular flexibility index (Phi) is 3.74. The molecule has 0 atom stereocenters. The summed E-state index contributed by atoms with van der Waals surface area (Å²) < 4.78 is 53.0. The second-order valence-electron chi connectivity index (χ2n) is 3.93. The Hall–Kier alpha value is -2.37. The lowest BCUT2D eigenvalue weighted by atomic mass is 10.0. The first-order valence-electron chi connectivity index (χ1n) is 5.50. The Labute approximate surface area is 111 Å². The minimum atomic E-state index is -4.87. The molecule has 2 nitrogen and oxygen atoms in total. The third-order valence-electron chi connectivity index (χ3n) is 2.54. The molecule has 0 aromatic heterocycles. The number of rotatable bonds is 3. The van der Waals surface area contributed by atoms with Crippen LogP contribution >= 0.6 is 0 Å². The second-order valence-corrected chi connectivity index (χ2v) is 3.93. The molecule has 0 unspecified atom stereocenters. The Bertz CT molecular complexity index is 618. The van der Waals surface area contributed by atoms with E-state index in [9.17, 15) is 22.4 Å². The van der Waals surface area contributed by atoms with Crippen LogP contribution in [0, 0.1) is 5.82 Å². The van der Waals surface area contributed by atoms with Gasteiger partial charge in [-0.15, -0.1) is 13.2 Å². The van der Waals surface area contributed by atoms with Gasteiger partial charge in [-0.2, -0.15) is 0 Å². The summed E-state index contributed by atoms with van der Waals surface area (Å²) in [6, 6.07) is 9.03. The summed E-state index contributed by atoms with van der Waals surface area (Å²) >= 11 is 0. The van der Waals surface area contributed by atoms with Gasteiger partial charge in [-0.25, -0.2) is 4.39 Å². The van der Waals surface area contributed by atoms with Crippen molar-refractivity contribution < 1.29 is 27.1 Å². The van der Waals surface area contributed by atoms with Gasteiger partial charge in [0, 0.05) is 0 Å². The number of carbonyl (C=O) groups is 1. The van der Waals surface area contributed by atoms with E-state index in [0.29, 0.717) is 11.1 Å². The Morgan fingerprint density at radius 1 is 0.950 bits per heavy atom. The fraction of sp³-hybridized carbons (Fsp3) is 0.0714. The lowest BCUT2D eigenvalue weighted by Gasteiger charge is -2.12. The number of alkyl halides is 3. The van der Waals surface area contributed by atoms with Crippen molar-refractivity contribution in [3.05, 3.63) is 53.8 Å². The maximum absolute atomic E-state index is 12.8. The van der Waals surface area contributed by atoms with Crippen LogP contribution in [-0.4, -0.2) is 12.6 Å². The molecule has 0 saturated heterocycles. The van der Waals surface area contributed by atoms with Crippen LogP contribution < -0.4 is 4.74 Å². The molecule has 0 spiro atoms. The number of hydrogen-bond donors (Lipinski definition) is 0. The predicted octanol–water partition coefficient (Wildman–Crippen LogP) is 4.20. The zero-order chi connectivity index (χ0) is 14.8. The number of aldehydes is 1. The standard InChI is InChI=1S/C14H8F4O2/c15-12-4-1-9(2-5-12)10-3-6-13(11(7-10)8-19)20-14(16,17)18/h1-8H. The van der Waals surface area contributed by atoms with Gasteiger partial charge in [-0.3, -0.25) is 4.79 Å². The van der Waals surface area contributed by atoms with Gasteiger partial charge in [0.1, 0.15) is 11.6 Å². The molecule has 0 amide bonds. The van der Waals surface area contributed by atoms with Gasteiger partial charge in [-0.05, 0) is 35.4 Å². The number of benzene rings is 2. The molecule has 0 radical (unpaired) electrons. The van der Waals surface area contributed by atoms with Gasteiger partial charge >= 0.3 is 6.36 Å². The van der Waals surface area contributed by atoms with E-state index < -0.39 is 17.9 Å². The van der Waals surface area contributed by atoms with Crippen molar-refractivity contribution in [1.82, 2.24) is 0 Å². The molecule has 2 aromatic rings. The molecule has 0 bridgehead atoms. The van der Waals surface area contributed by atoms with E-state index in [-0.39, 0.29) is 11.8 Å². The molecular weight excluding hydrogens is 276 g/mol. The molecule has 6 heteroatoms. The van der Waals surface area contributed by atoms with Gasteiger partial charge in [-0.1, -0.05) is 18.2 Å². The van der Waals surface area contributed by atoms with Gasteiger partial charge in [0.2, 0.25) is 0 Å². The van der Waals surface area contributed by atoms with Crippen molar-refractivity contribution in [3.8, 4) is 16.9 Å². The topological polar surface area (TPSA) is 26.3 Å². The van der Waals surface area contributed by atoms with Crippen LogP contribution in [0.3, 0.4) is 0 Å². The normalized spacial score (nSPS) is 11.2. The predicted molar refractivity (Wildman–Crippen MR) is 63.9 cm³/mol. The fourth-order valence-electron chi connectivity index (χ4n) is 1.68. The number of carbonyl (C=O) groups excluding carboxylic acids is 1. The highest BCUT2D eigenvalue weighted by Gasteiger charge is 2.32. The summed E-state index contributed by atoms with van der Waals surface area (Å²) in [6.45, 7) is 0. The third-order valence-corrected chi connectivity index (χ3v) is 2.54. The molecule has 0 heterocycles. The molecule has 0 aliphatic rings. The van der Waals surface area contributed by atoms with Crippen molar-refractivity contribution in [2.24, 2.45) is 0 Å². The van der Waals surface area contributed by atoms with Crippen molar-refractivity contribution in [2.45, 2.75) is 6.36 Å².